The molecule has 3 aromatic rings. The Morgan fingerprint density at radius 3 is 1.75 bits per heavy atom. The van der Waals surface area contributed by atoms with Gasteiger partial charge in [0.15, 0.2) is 11.9 Å². The van der Waals surface area contributed by atoms with Gasteiger partial charge in [0.05, 0.1) is 29.4 Å². The highest BCUT2D eigenvalue weighted by Crippen LogP contribution is 2.39. The Morgan fingerprint density at radius 2 is 1.23 bits per heavy atom. The lowest BCUT2D eigenvalue weighted by molar-refractivity contribution is 0.102. The van der Waals surface area contributed by atoms with Crippen LogP contribution >= 0.6 is 23.5 Å². The molecule has 0 aliphatic rings. The number of rotatable bonds is 12. The molecule has 48 heavy (non-hydrogen) atoms. The number of nitrogens with one attached hydrogen (secondary N) is 2. The quantitative estimate of drug-likeness (QED) is 0.0428. The third-order valence-corrected chi connectivity index (χ3v) is 9.27. The van der Waals surface area contributed by atoms with Gasteiger partial charge in [-0.1, -0.05) is 47.6 Å². The Bertz CT molecular complexity index is 1700. The molecule has 3 aromatic carbocycles. The molecule has 14 N–H and O–H groups in total. The Labute approximate surface area is 291 Å². The van der Waals surface area contributed by atoms with Gasteiger partial charge in [-0.05, 0) is 64.4 Å². The van der Waals surface area contributed by atoms with Crippen LogP contribution in [-0.4, -0.2) is 48.3 Å². The van der Waals surface area contributed by atoms with E-state index in [0.29, 0.717) is 63.4 Å². The van der Waals surface area contributed by atoms with Crippen molar-refractivity contribution in [3.63, 3.8) is 0 Å². The van der Waals surface area contributed by atoms with Crippen LogP contribution in [0.1, 0.15) is 73.4 Å². The van der Waals surface area contributed by atoms with Crippen LogP contribution in [-0.2, 0) is 10.8 Å². The number of carbonyl (C=O) groups excluding carboxylic acids is 2. The SMILES string of the molecule is CC(C)(C)c1cc(N)c(SCCN=C(N)N)c(NC(=O)c2cccc(C(=O)Nc3cc(C(C)(C)C)c(N)cc3SCCN=C(N)N)c2)c1. The number of nitrogens with zero attached hydrogens (tertiary/aromatic N) is 2. The van der Waals surface area contributed by atoms with Gasteiger partial charge < -0.3 is 45.0 Å². The topological polar surface area (TPSA) is 239 Å². The van der Waals surface area contributed by atoms with E-state index in [4.69, 9.17) is 34.4 Å². The Kier molecular flexibility index (Phi) is 12.7. The van der Waals surface area contributed by atoms with Crippen LogP contribution in [0.25, 0.3) is 0 Å². The van der Waals surface area contributed by atoms with Crippen LogP contribution in [0.4, 0.5) is 22.7 Å². The van der Waals surface area contributed by atoms with Crippen LogP contribution in [0.2, 0.25) is 0 Å². The third kappa shape index (κ3) is 10.7. The summed E-state index contributed by atoms with van der Waals surface area (Å²) in [6, 6.07) is 14.1. The first-order valence-corrected chi connectivity index (χ1v) is 17.3. The highest BCUT2D eigenvalue weighted by atomic mass is 32.2. The van der Waals surface area contributed by atoms with E-state index < -0.39 is 0 Å². The molecule has 0 atom stereocenters. The average molecular weight is 693 g/mol. The smallest absolute Gasteiger partial charge is 0.255 e. The first-order valence-electron chi connectivity index (χ1n) is 15.3. The maximum absolute atomic E-state index is 13.6. The van der Waals surface area contributed by atoms with E-state index in [-0.39, 0.29) is 34.6 Å². The first-order chi connectivity index (χ1) is 22.4. The Morgan fingerprint density at radius 1 is 0.688 bits per heavy atom. The fraction of sp³-hybridized carbons (Fsp3) is 0.353. The molecule has 0 aliphatic carbocycles. The molecular weight excluding hydrogens is 645 g/mol. The summed E-state index contributed by atoms with van der Waals surface area (Å²) in [5, 5.41) is 6.05. The van der Waals surface area contributed by atoms with Gasteiger partial charge in [-0.25, -0.2) is 0 Å². The van der Waals surface area contributed by atoms with Gasteiger partial charge >= 0.3 is 0 Å². The number of nitrogens with two attached hydrogens (primary N) is 6. The number of nitrogen functional groups attached to an aromatic ring is 2. The molecule has 0 aromatic heterocycles. The molecule has 0 fully saturated rings. The van der Waals surface area contributed by atoms with Crippen LogP contribution in [0, 0.1) is 0 Å². The van der Waals surface area contributed by atoms with E-state index in [2.05, 4.69) is 62.2 Å². The molecule has 12 nitrogen and oxygen atoms in total. The molecule has 258 valence electrons. The Hall–Kier alpha value is -4.56. The monoisotopic (exact) mass is 692 g/mol. The number of hydrogen-bond acceptors (Lipinski definition) is 8. The minimum absolute atomic E-state index is 0.00737. The van der Waals surface area contributed by atoms with Crippen molar-refractivity contribution in [3.05, 3.63) is 70.8 Å². The lowest BCUT2D eigenvalue weighted by Crippen LogP contribution is -2.23. The molecule has 0 unspecified atom stereocenters. The van der Waals surface area contributed by atoms with E-state index in [9.17, 15) is 9.59 Å². The highest BCUT2D eigenvalue weighted by Gasteiger charge is 2.22. The van der Waals surface area contributed by atoms with E-state index >= 15 is 0 Å². The summed E-state index contributed by atoms with van der Waals surface area (Å²) in [4.78, 5) is 36.8. The van der Waals surface area contributed by atoms with E-state index in [1.54, 1.807) is 24.3 Å². The van der Waals surface area contributed by atoms with Crippen molar-refractivity contribution >= 4 is 70.0 Å². The predicted molar refractivity (Wildman–Crippen MR) is 204 cm³/mol. The van der Waals surface area contributed by atoms with Crippen molar-refractivity contribution in [3.8, 4) is 0 Å². The summed E-state index contributed by atoms with van der Waals surface area (Å²) in [7, 11) is 0. The van der Waals surface area contributed by atoms with Crippen molar-refractivity contribution in [2.75, 3.05) is 46.7 Å². The summed E-state index contributed by atoms with van der Waals surface area (Å²) in [5.74, 6) is 0.369. The van der Waals surface area contributed by atoms with E-state index in [0.717, 1.165) is 16.0 Å². The number of carbonyl (C=O) groups is 2. The second-order valence-electron chi connectivity index (χ2n) is 13.2. The average Bonchev–Trinajstić information content (AvgIpc) is 2.98. The number of amides is 2. The third-order valence-electron chi connectivity index (χ3n) is 7.10. The molecule has 3 rings (SSSR count). The largest absolute Gasteiger partial charge is 0.398 e. The number of thioether (sulfide) groups is 2. The number of anilines is 4. The maximum atomic E-state index is 13.6. The van der Waals surface area contributed by atoms with Crippen molar-refractivity contribution < 1.29 is 9.59 Å². The van der Waals surface area contributed by atoms with E-state index in [1.807, 2.05) is 24.3 Å². The van der Waals surface area contributed by atoms with Crippen molar-refractivity contribution in [2.24, 2.45) is 32.9 Å². The number of aliphatic imine (C=N–C) groups is 2. The summed E-state index contributed by atoms with van der Waals surface area (Å²) in [6.07, 6.45) is 0. The second kappa shape index (κ2) is 16.0. The lowest BCUT2D eigenvalue weighted by Gasteiger charge is -2.24. The summed E-state index contributed by atoms with van der Waals surface area (Å²) < 4.78 is 0. The number of guanidine groups is 2. The molecule has 0 spiro atoms. The molecule has 0 saturated carbocycles. The minimum Gasteiger partial charge on any atom is -0.398 e. The van der Waals surface area contributed by atoms with Crippen LogP contribution in [0.3, 0.4) is 0 Å². The zero-order chi connectivity index (χ0) is 35.8. The van der Waals surface area contributed by atoms with Gasteiger partial charge in [-0.15, -0.1) is 23.5 Å². The van der Waals surface area contributed by atoms with Crippen molar-refractivity contribution in [1.29, 1.82) is 0 Å². The number of hydrogen-bond donors (Lipinski definition) is 8. The molecule has 0 bridgehead atoms. The zero-order valence-corrected chi connectivity index (χ0v) is 30.1. The van der Waals surface area contributed by atoms with Gasteiger partial charge in [0.1, 0.15) is 0 Å². The lowest BCUT2D eigenvalue weighted by atomic mass is 9.85. The Balaban J connectivity index is 1.91. The maximum Gasteiger partial charge on any atom is 0.255 e. The van der Waals surface area contributed by atoms with Gasteiger partial charge in [-0.3, -0.25) is 19.6 Å². The summed E-state index contributed by atoms with van der Waals surface area (Å²) in [6.45, 7) is 13.2. The number of benzene rings is 3. The first kappa shape index (κ1) is 37.9. The summed E-state index contributed by atoms with van der Waals surface area (Å²) in [5.41, 5.74) is 39.1. The van der Waals surface area contributed by atoms with Crippen LogP contribution < -0.4 is 45.0 Å². The molecule has 2 amide bonds. The normalized spacial score (nSPS) is 11.5. The molecule has 0 heterocycles. The standard InChI is InChI=1S/C34H48N10O2S2/c1-33(2,3)21-15-24(36)28(48-13-11-42-32(39)40)26(16-21)44-30(46)20-9-7-8-19(14-20)29(45)43-25-17-22(34(4,5)6)23(35)18-27(25)47-12-10-41-31(37)38/h7-9,14-18H,10-13,35-36H2,1-6H3,(H,43,45)(H,44,46)(H4,37,38,41)(H4,39,40,42). The fourth-order valence-electron chi connectivity index (χ4n) is 4.64. The highest BCUT2D eigenvalue weighted by molar-refractivity contribution is 7.99. The minimum atomic E-state index is -0.389. The van der Waals surface area contributed by atoms with Gasteiger partial charge in [-0.2, -0.15) is 0 Å². The van der Waals surface area contributed by atoms with Crippen LogP contribution in [0.5, 0.6) is 0 Å². The molecule has 0 radical (unpaired) electrons. The van der Waals surface area contributed by atoms with Crippen molar-refractivity contribution in [2.45, 2.75) is 62.2 Å². The zero-order valence-electron chi connectivity index (χ0n) is 28.4. The molecule has 14 heteroatoms. The van der Waals surface area contributed by atoms with E-state index in [1.165, 1.54) is 23.5 Å². The molecule has 0 saturated heterocycles. The predicted octanol–water partition coefficient (Wildman–Crippen LogP) is 4.68. The van der Waals surface area contributed by atoms with Gasteiger partial charge in [0.2, 0.25) is 0 Å². The van der Waals surface area contributed by atoms with Crippen molar-refractivity contribution in [1.82, 2.24) is 0 Å². The second-order valence-corrected chi connectivity index (χ2v) is 15.4. The van der Waals surface area contributed by atoms with Crippen LogP contribution in [0.15, 0.2) is 68.3 Å². The molecular formula is C34H48N10O2S2. The fourth-order valence-corrected chi connectivity index (χ4v) is 6.40. The molecule has 0 aliphatic heterocycles. The van der Waals surface area contributed by atoms with Gasteiger partial charge in [0, 0.05) is 38.9 Å². The van der Waals surface area contributed by atoms with Gasteiger partial charge in [0.25, 0.3) is 11.8 Å². The summed E-state index contributed by atoms with van der Waals surface area (Å²) >= 11 is 2.92.